The number of benzene rings is 1. The van der Waals surface area contributed by atoms with Gasteiger partial charge in [-0.25, -0.2) is 8.78 Å². The first-order chi connectivity index (χ1) is 7.49. The third kappa shape index (κ3) is 1.55. The number of carbonyl (C=O) groups excluding carboxylic acids is 1. The molecule has 1 aliphatic carbocycles. The van der Waals surface area contributed by atoms with E-state index >= 15 is 0 Å². The summed E-state index contributed by atoms with van der Waals surface area (Å²) < 4.78 is 27.3. The number of rotatable bonds is 3. The van der Waals surface area contributed by atoms with E-state index in [2.05, 4.69) is 0 Å². The van der Waals surface area contributed by atoms with Gasteiger partial charge in [-0.1, -0.05) is 24.6 Å². The largest absolute Gasteiger partial charge is 0.298 e. The van der Waals surface area contributed by atoms with Gasteiger partial charge in [0.1, 0.15) is 6.29 Å². The monoisotopic (exact) mass is 224 g/mol. The van der Waals surface area contributed by atoms with Crippen LogP contribution in [0.3, 0.4) is 0 Å². The lowest BCUT2D eigenvalue weighted by atomic mass is 9.61. The van der Waals surface area contributed by atoms with Crippen molar-refractivity contribution >= 4 is 6.29 Å². The number of hydrogen-bond acceptors (Lipinski definition) is 1. The van der Waals surface area contributed by atoms with Gasteiger partial charge in [-0.3, -0.25) is 4.79 Å². The summed E-state index contributed by atoms with van der Waals surface area (Å²) in [6, 6.07) is 6.59. The van der Waals surface area contributed by atoms with E-state index in [-0.39, 0.29) is 0 Å². The van der Waals surface area contributed by atoms with E-state index < -0.39 is 11.3 Å². The first-order valence-electron chi connectivity index (χ1n) is 5.43. The van der Waals surface area contributed by atoms with Crippen LogP contribution in [0.2, 0.25) is 0 Å². The summed E-state index contributed by atoms with van der Waals surface area (Å²) in [5.41, 5.74) is 0.00956. The highest BCUT2D eigenvalue weighted by atomic mass is 19.3. The Balaban J connectivity index is 2.45. The second kappa shape index (κ2) is 3.65. The van der Waals surface area contributed by atoms with Crippen LogP contribution in [0.15, 0.2) is 24.3 Å². The zero-order valence-corrected chi connectivity index (χ0v) is 9.17. The van der Waals surface area contributed by atoms with Crippen molar-refractivity contribution in [2.24, 2.45) is 0 Å². The average molecular weight is 224 g/mol. The Kier molecular flexibility index (Phi) is 2.56. The summed E-state index contributed by atoms with van der Waals surface area (Å²) in [4.78, 5) is 10.7. The normalized spacial score (nSPS) is 18.9. The highest BCUT2D eigenvalue weighted by Crippen LogP contribution is 2.53. The minimum absolute atomic E-state index is 0.466. The maximum atomic E-state index is 13.7. The molecule has 0 atom stereocenters. The molecule has 1 saturated carbocycles. The molecule has 0 unspecified atom stereocenters. The molecular weight excluding hydrogens is 210 g/mol. The van der Waals surface area contributed by atoms with Crippen molar-refractivity contribution in [2.75, 3.05) is 0 Å². The number of carbonyl (C=O) groups is 1. The van der Waals surface area contributed by atoms with Gasteiger partial charge in [0, 0.05) is 12.5 Å². The van der Waals surface area contributed by atoms with Crippen LogP contribution in [0.4, 0.5) is 8.78 Å². The van der Waals surface area contributed by atoms with Crippen LogP contribution in [0.5, 0.6) is 0 Å². The minimum atomic E-state index is -2.73. The zero-order valence-electron chi connectivity index (χ0n) is 9.17. The fraction of sp³-hybridized carbons (Fsp3) is 0.462. The quantitative estimate of drug-likeness (QED) is 0.717. The van der Waals surface area contributed by atoms with Crippen LogP contribution in [0.25, 0.3) is 0 Å². The summed E-state index contributed by atoms with van der Waals surface area (Å²) in [7, 11) is 0. The molecule has 86 valence electrons. The topological polar surface area (TPSA) is 17.1 Å². The standard InChI is InChI=1S/C13H14F2O/c1-12(14,15)13(6-3-7-13)11-5-2-4-10(8-11)9-16/h2,4-5,8-9H,3,6-7H2,1H3. The van der Waals surface area contributed by atoms with Crippen molar-refractivity contribution in [3.8, 4) is 0 Å². The van der Waals surface area contributed by atoms with E-state index in [4.69, 9.17) is 0 Å². The molecule has 2 rings (SSSR count). The van der Waals surface area contributed by atoms with Gasteiger partial charge in [-0.2, -0.15) is 0 Å². The smallest absolute Gasteiger partial charge is 0.254 e. The van der Waals surface area contributed by atoms with E-state index in [0.29, 0.717) is 30.3 Å². The second-order valence-electron chi connectivity index (χ2n) is 4.57. The maximum absolute atomic E-state index is 13.7. The molecule has 0 N–H and O–H groups in total. The van der Waals surface area contributed by atoms with E-state index in [1.54, 1.807) is 24.3 Å². The predicted molar refractivity (Wildman–Crippen MR) is 58.0 cm³/mol. The average Bonchev–Trinajstić information content (AvgIpc) is 2.14. The Morgan fingerprint density at radius 1 is 1.38 bits per heavy atom. The molecule has 16 heavy (non-hydrogen) atoms. The van der Waals surface area contributed by atoms with Gasteiger partial charge >= 0.3 is 0 Å². The molecule has 0 saturated heterocycles. The van der Waals surface area contributed by atoms with E-state index in [0.717, 1.165) is 13.3 Å². The number of alkyl halides is 2. The van der Waals surface area contributed by atoms with Gasteiger partial charge in [0.25, 0.3) is 5.92 Å². The third-order valence-corrected chi connectivity index (χ3v) is 3.62. The first kappa shape index (κ1) is 11.2. The highest BCUT2D eigenvalue weighted by molar-refractivity contribution is 5.75. The first-order valence-corrected chi connectivity index (χ1v) is 5.43. The van der Waals surface area contributed by atoms with Gasteiger partial charge in [-0.15, -0.1) is 0 Å². The van der Waals surface area contributed by atoms with Crippen LogP contribution >= 0.6 is 0 Å². The summed E-state index contributed by atoms with van der Waals surface area (Å²) in [5, 5.41) is 0. The summed E-state index contributed by atoms with van der Waals surface area (Å²) in [6.07, 6.45) is 2.52. The van der Waals surface area contributed by atoms with Crippen molar-refractivity contribution in [3.63, 3.8) is 0 Å². The third-order valence-electron chi connectivity index (χ3n) is 3.62. The Morgan fingerprint density at radius 2 is 2.06 bits per heavy atom. The predicted octanol–water partition coefficient (Wildman–Crippen LogP) is 3.58. The molecule has 1 aliphatic rings. The van der Waals surface area contributed by atoms with Crippen LogP contribution in [0.1, 0.15) is 42.1 Å². The zero-order chi connectivity index (χ0) is 11.8. The Bertz CT molecular complexity index is 403. The lowest BCUT2D eigenvalue weighted by molar-refractivity contribution is -0.0969. The molecule has 0 heterocycles. The van der Waals surface area contributed by atoms with Gasteiger partial charge in [0.05, 0.1) is 5.41 Å². The highest BCUT2D eigenvalue weighted by Gasteiger charge is 2.54. The van der Waals surface area contributed by atoms with Crippen LogP contribution in [0, 0.1) is 0 Å². The Hall–Kier alpha value is -1.25. The molecule has 0 bridgehead atoms. The second-order valence-corrected chi connectivity index (χ2v) is 4.57. The number of aldehydes is 1. The van der Waals surface area contributed by atoms with E-state index in [1.165, 1.54) is 0 Å². The molecular formula is C13H14F2O. The summed E-state index contributed by atoms with van der Waals surface area (Å²) >= 11 is 0. The lowest BCUT2D eigenvalue weighted by Crippen LogP contribution is -2.48. The van der Waals surface area contributed by atoms with Crippen LogP contribution < -0.4 is 0 Å². The summed E-state index contributed by atoms with van der Waals surface area (Å²) in [5.74, 6) is -2.73. The fourth-order valence-corrected chi connectivity index (χ4v) is 2.42. The van der Waals surface area contributed by atoms with Gasteiger partial charge in [0.15, 0.2) is 0 Å². The SMILES string of the molecule is CC(F)(F)C1(c2cccc(C=O)c2)CCC1. The van der Waals surface area contributed by atoms with Crippen molar-refractivity contribution in [1.29, 1.82) is 0 Å². The number of halogens is 2. The Morgan fingerprint density at radius 3 is 2.50 bits per heavy atom. The number of hydrogen-bond donors (Lipinski definition) is 0. The van der Waals surface area contributed by atoms with Gasteiger partial charge < -0.3 is 0 Å². The summed E-state index contributed by atoms with van der Waals surface area (Å²) in [6.45, 7) is 0.972. The molecule has 1 aromatic rings. The molecule has 1 aromatic carbocycles. The Labute approximate surface area is 93.5 Å². The molecule has 1 nitrogen and oxygen atoms in total. The van der Waals surface area contributed by atoms with Crippen molar-refractivity contribution in [3.05, 3.63) is 35.4 Å². The molecule has 0 aromatic heterocycles. The minimum Gasteiger partial charge on any atom is -0.298 e. The van der Waals surface area contributed by atoms with Crippen molar-refractivity contribution < 1.29 is 13.6 Å². The molecule has 0 amide bonds. The maximum Gasteiger partial charge on any atom is 0.254 e. The lowest BCUT2D eigenvalue weighted by Gasteiger charge is -2.46. The van der Waals surface area contributed by atoms with Crippen LogP contribution in [-0.2, 0) is 5.41 Å². The van der Waals surface area contributed by atoms with Crippen molar-refractivity contribution in [2.45, 2.75) is 37.5 Å². The molecule has 3 heteroatoms. The fourth-order valence-electron chi connectivity index (χ4n) is 2.42. The van der Waals surface area contributed by atoms with Crippen molar-refractivity contribution in [1.82, 2.24) is 0 Å². The molecule has 0 aliphatic heterocycles. The van der Waals surface area contributed by atoms with Crippen LogP contribution in [-0.4, -0.2) is 12.2 Å². The molecule has 0 radical (unpaired) electrons. The van der Waals surface area contributed by atoms with E-state index in [1.807, 2.05) is 0 Å². The van der Waals surface area contributed by atoms with E-state index in [9.17, 15) is 13.6 Å². The van der Waals surface area contributed by atoms with Gasteiger partial charge in [0.2, 0.25) is 0 Å². The van der Waals surface area contributed by atoms with Gasteiger partial charge in [-0.05, 0) is 24.5 Å². The molecule has 1 fully saturated rings. The molecule has 0 spiro atoms.